The van der Waals surface area contributed by atoms with Crippen molar-refractivity contribution in [2.45, 2.75) is 18.8 Å². The second-order valence-corrected chi connectivity index (χ2v) is 4.10. The van der Waals surface area contributed by atoms with Crippen LogP contribution in [0, 0.1) is 0 Å². The van der Waals surface area contributed by atoms with Crippen molar-refractivity contribution in [1.29, 1.82) is 0 Å². The Bertz CT molecular complexity index is 533. The molecule has 5 nitrogen and oxygen atoms in total. The van der Waals surface area contributed by atoms with Crippen molar-refractivity contribution >= 4 is 0 Å². The molecule has 0 saturated heterocycles. The maximum absolute atomic E-state index is 10.0. The number of methoxy groups -OCH3 is 1. The summed E-state index contributed by atoms with van der Waals surface area (Å²) in [5.74, 6) is 1.41. The van der Waals surface area contributed by atoms with E-state index in [9.17, 15) is 5.11 Å². The Morgan fingerprint density at radius 1 is 1.47 bits per heavy atom. The fourth-order valence-electron chi connectivity index (χ4n) is 1.84. The van der Waals surface area contributed by atoms with Gasteiger partial charge in [-0.05, 0) is 12.8 Å². The minimum absolute atomic E-state index is 0.121. The molecule has 0 aliphatic heterocycles. The zero-order valence-corrected chi connectivity index (χ0v) is 9.38. The van der Waals surface area contributed by atoms with Gasteiger partial charge in [0.1, 0.15) is 11.3 Å². The lowest BCUT2D eigenvalue weighted by molar-refractivity contribution is 0.383. The van der Waals surface area contributed by atoms with Crippen LogP contribution in [0.3, 0.4) is 0 Å². The van der Waals surface area contributed by atoms with E-state index in [1.54, 1.807) is 12.1 Å². The average Bonchev–Trinajstić information content (AvgIpc) is 3.05. The molecule has 2 aromatic heterocycles. The van der Waals surface area contributed by atoms with Gasteiger partial charge in [0.05, 0.1) is 19.0 Å². The molecule has 0 amide bonds. The first-order chi connectivity index (χ1) is 8.29. The van der Waals surface area contributed by atoms with Crippen molar-refractivity contribution in [3.63, 3.8) is 0 Å². The Kier molecular flexibility index (Phi) is 2.24. The van der Waals surface area contributed by atoms with Crippen LogP contribution in [0.4, 0.5) is 0 Å². The van der Waals surface area contributed by atoms with E-state index >= 15 is 0 Å². The van der Waals surface area contributed by atoms with Crippen LogP contribution in [0.1, 0.15) is 24.5 Å². The molecule has 0 atom stereocenters. The summed E-state index contributed by atoms with van der Waals surface area (Å²) >= 11 is 0. The number of ether oxygens (including phenoxy) is 1. The number of aromatic nitrogens is 2. The standard InChI is InChI=1S/C12H12N2O3/c1-16-12-11(10-4-5-13-17-10)9(15)6-8(14-12)7-2-3-7/h4-7H,2-3H2,1H3,(H,14,15). The Morgan fingerprint density at radius 3 is 2.88 bits per heavy atom. The molecule has 1 N–H and O–H groups in total. The summed E-state index contributed by atoms with van der Waals surface area (Å²) in [5, 5.41) is 13.7. The molecule has 0 bridgehead atoms. The molecular formula is C12H12N2O3. The molecule has 0 spiro atoms. The van der Waals surface area contributed by atoms with Crippen molar-refractivity contribution in [1.82, 2.24) is 10.1 Å². The predicted molar refractivity (Wildman–Crippen MR) is 59.9 cm³/mol. The molecule has 88 valence electrons. The molecule has 0 aromatic carbocycles. The highest BCUT2D eigenvalue weighted by molar-refractivity contribution is 5.70. The molecule has 0 unspecified atom stereocenters. The fourth-order valence-corrected chi connectivity index (χ4v) is 1.84. The summed E-state index contributed by atoms with van der Waals surface area (Å²) in [6.07, 6.45) is 3.76. The zero-order valence-electron chi connectivity index (χ0n) is 9.38. The van der Waals surface area contributed by atoms with E-state index in [0.29, 0.717) is 23.1 Å². The van der Waals surface area contributed by atoms with Crippen molar-refractivity contribution in [2.24, 2.45) is 0 Å². The van der Waals surface area contributed by atoms with Crippen LogP contribution >= 0.6 is 0 Å². The van der Waals surface area contributed by atoms with Gasteiger partial charge in [0.15, 0.2) is 5.76 Å². The normalized spacial score (nSPS) is 14.9. The number of pyridine rings is 1. The van der Waals surface area contributed by atoms with Gasteiger partial charge >= 0.3 is 0 Å². The highest BCUT2D eigenvalue weighted by Crippen LogP contribution is 2.44. The van der Waals surface area contributed by atoms with Crippen LogP contribution in [0.2, 0.25) is 0 Å². The summed E-state index contributed by atoms with van der Waals surface area (Å²) in [7, 11) is 1.53. The summed E-state index contributed by atoms with van der Waals surface area (Å²) in [6.45, 7) is 0. The molecule has 2 aromatic rings. The number of hydrogen-bond acceptors (Lipinski definition) is 5. The predicted octanol–water partition coefficient (Wildman–Crippen LogP) is 2.33. The largest absolute Gasteiger partial charge is 0.507 e. The van der Waals surface area contributed by atoms with E-state index in [1.807, 2.05) is 0 Å². The van der Waals surface area contributed by atoms with Gasteiger partial charge in [0.25, 0.3) is 0 Å². The van der Waals surface area contributed by atoms with Gasteiger partial charge < -0.3 is 14.4 Å². The Hall–Kier alpha value is -2.04. The fraction of sp³-hybridized carbons (Fsp3) is 0.333. The molecule has 3 rings (SSSR count). The highest BCUT2D eigenvalue weighted by atomic mass is 16.5. The summed E-state index contributed by atoms with van der Waals surface area (Å²) in [5.41, 5.74) is 1.33. The van der Waals surface area contributed by atoms with Crippen LogP contribution in [-0.2, 0) is 0 Å². The van der Waals surface area contributed by atoms with Gasteiger partial charge in [-0.3, -0.25) is 0 Å². The first kappa shape index (κ1) is 10.1. The van der Waals surface area contributed by atoms with Crippen molar-refractivity contribution in [3.05, 3.63) is 24.0 Å². The number of rotatable bonds is 3. The van der Waals surface area contributed by atoms with Crippen LogP contribution in [0.25, 0.3) is 11.3 Å². The first-order valence-electron chi connectivity index (χ1n) is 5.48. The molecule has 1 aliphatic rings. The number of nitrogens with zero attached hydrogens (tertiary/aromatic N) is 2. The van der Waals surface area contributed by atoms with Crippen LogP contribution in [-0.4, -0.2) is 22.4 Å². The molecule has 0 radical (unpaired) electrons. The summed E-state index contributed by atoms with van der Waals surface area (Å²) in [6, 6.07) is 3.34. The van der Waals surface area contributed by atoms with Gasteiger partial charge in [-0.25, -0.2) is 4.98 Å². The van der Waals surface area contributed by atoms with Crippen LogP contribution < -0.4 is 4.74 Å². The Balaban J connectivity index is 2.13. The molecule has 1 fully saturated rings. The van der Waals surface area contributed by atoms with E-state index in [0.717, 1.165) is 18.5 Å². The molecule has 1 saturated carbocycles. The zero-order chi connectivity index (χ0) is 11.8. The minimum atomic E-state index is 0.121. The van der Waals surface area contributed by atoms with E-state index in [4.69, 9.17) is 9.26 Å². The summed E-state index contributed by atoms with van der Waals surface area (Å²) < 4.78 is 10.2. The topological polar surface area (TPSA) is 68.4 Å². The van der Waals surface area contributed by atoms with Crippen molar-refractivity contribution < 1.29 is 14.4 Å². The van der Waals surface area contributed by atoms with Gasteiger partial charge in [-0.1, -0.05) is 5.16 Å². The Labute approximate surface area is 98.0 Å². The molecular weight excluding hydrogens is 220 g/mol. The lowest BCUT2D eigenvalue weighted by Crippen LogP contribution is -1.95. The quantitative estimate of drug-likeness (QED) is 0.879. The third-order valence-corrected chi connectivity index (χ3v) is 2.86. The SMILES string of the molecule is COc1nc(C2CC2)cc(O)c1-c1ccno1. The van der Waals surface area contributed by atoms with Crippen molar-refractivity contribution in [3.8, 4) is 23.0 Å². The van der Waals surface area contributed by atoms with E-state index in [2.05, 4.69) is 10.1 Å². The molecule has 5 heteroatoms. The molecule has 17 heavy (non-hydrogen) atoms. The third kappa shape index (κ3) is 1.73. The van der Waals surface area contributed by atoms with Gasteiger partial charge in [0, 0.05) is 18.1 Å². The molecule has 1 aliphatic carbocycles. The first-order valence-corrected chi connectivity index (χ1v) is 5.48. The second kappa shape index (κ2) is 3.76. The smallest absolute Gasteiger partial charge is 0.228 e. The lowest BCUT2D eigenvalue weighted by atomic mass is 10.1. The van der Waals surface area contributed by atoms with E-state index < -0.39 is 0 Å². The average molecular weight is 232 g/mol. The minimum Gasteiger partial charge on any atom is -0.507 e. The van der Waals surface area contributed by atoms with E-state index in [-0.39, 0.29) is 5.75 Å². The van der Waals surface area contributed by atoms with Gasteiger partial charge in [-0.2, -0.15) is 0 Å². The Morgan fingerprint density at radius 2 is 2.29 bits per heavy atom. The van der Waals surface area contributed by atoms with Crippen molar-refractivity contribution in [2.75, 3.05) is 7.11 Å². The second-order valence-electron chi connectivity index (χ2n) is 4.10. The third-order valence-electron chi connectivity index (χ3n) is 2.86. The van der Waals surface area contributed by atoms with Gasteiger partial charge in [0.2, 0.25) is 5.88 Å². The highest BCUT2D eigenvalue weighted by Gasteiger charge is 2.28. The van der Waals surface area contributed by atoms with Gasteiger partial charge in [-0.15, -0.1) is 0 Å². The number of hydrogen-bond donors (Lipinski definition) is 1. The lowest BCUT2D eigenvalue weighted by Gasteiger charge is -2.09. The maximum atomic E-state index is 10.0. The number of aromatic hydroxyl groups is 1. The van der Waals surface area contributed by atoms with Crippen LogP contribution in [0.15, 0.2) is 22.9 Å². The molecule has 2 heterocycles. The van der Waals surface area contributed by atoms with E-state index in [1.165, 1.54) is 13.3 Å². The monoisotopic (exact) mass is 232 g/mol. The maximum Gasteiger partial charge on any atom is 0.228 e. The summed E-state index contributed by atoms with van der Waals surface area (Å²) in [4.78, 5) is 4.40. The van der Waals surface area contributed by atoms with Crippen LogP contribution in [0.5, 0.6) is 11.6 Å².